The summed E-state index contributed by atoms with van der Waals surface area (Å²) in [5.41, 5.74) is 2.57. The van der Waals surface area contributed by atoms with Crippen molar-refractivity contribution in [1.29, 1.82) is 0 Å². The minimum atomic E-state index is -1.12. The average Bonchev–Trinajstić information content (AvgIpc) is 3.07. The molecular weight excluding hydrogens is 338 g/mol. The van der Waals surface area contributed by atoms with E-state index in [1.165, 1.54) is 11.3 Å². The molecule has 3 rings (SSSR count). The molecule has 128 valence electrons. The molecular formula is C19H17NO4S. The maximum absolute atomic E-state index is 11.9. The van der Waals surface area contributed by atoms with E-state index in [1.54, 1.807) is 26.0 Å². The first-order chi connectivity index (χ1) is 11.9. The Kier molecular flexibility index (Phi) is 4.46. The van der Waals surface area contributed by atoms with Gasteiger partial charge in [-0.3, -0.25) is 0 Å². The summed E-state index contributed by atoms with van der Waals surface area (Å²) in [4.78, 5) is 24.8. The van der Waals surface area contributed by atoms with Crippen molar-refractivity contribution in [2.45, 2.75) is 19.8 Å². The molecule has 1 aliphatic rings. The summed E-state index contributed by atoms with van der Waals surface area (Å²) < 4.78 is 0. The van der Waals surface area contributed by atoms with Crippen LogP contribution in [0.2, 0.25) is 0 Å². The van der Waals surface area contributed by atoms with Crippen LogP contribution in [-0.4, -0.2) is 22.2 Å². The summed E-state index contributed by atoms with van der Waals surface area (Å²) in [5.74, 6) is -3.08. The number of carboxylic acid groups (broad SMARTS) is 2. The van der Waals surface area contributed by atoms with E-state index in [9.17, 15) is 19.8 Å². The van der Waals surface area contributed by atoms with Gasteiger partial charge in [0.05, 0.1) is 17.1 Å². The Balaban J connectivity index is 2.30. The zero-order valence-electron chi connectivity index (χ0n) is 13.7. The summed E-state index contributed by atoms with van der Waals surface area (Å²) in [7, 11) is 0. The van der Waals surface area contributed by atoms with Crippen LogP contribution in [0.5, 0.6) is 0 Å². The third-order valence-corrected chi connectivity index (χ3v) is 5.18. The van der Waals surface area contributed by atoms with E-state index < -0.39 is 17.9 Å². The standard InChI is InChI=1S/C19H17NO4S/c1-10-15(18(21)22)17(16(19(23)24)11(2)20-10)13-7-4-3-6-12(13)14-8-5-9-25-14/h3-9,17,20H,1-2H3,(H,21,22)(H,23,24). The molecule has 2 aromatic rings. The molecule has 0 bridgehead atoms. The molecule has 3 N–H and O–H groups in total. The number of nitrogens with one attached hydrogen (secondary N) is 1. The van der Waals surface area contributed by atoms with E-state index in [1.807, 2.05) is 29.6 Å². The zero-order chi connectivity index (χ0) is 18.1. The van der Waals surface area contributed by atoms with Crippen LogP contribution in [0.3, 0.4) is 0 Å². The van der Waals surface area contributed by atoms with Gasteiger partial charge in [-0.1, -0.05) is 30.3 Å². The lowest BCUT2D eigenvalue weighted by Crippen LogP contribution is -2.31. The zero-order valence-corrected chi connectivity index (χ0v) is 14.6. The van der Waals surface area contributed by atoms with Crippen molar-refractivity contribution in [1.82, 2.24) is 5.32 Å². The summed E-state index contributed by atoms with van der Waals surface area (Å²) in [6.07, 6.45) is 0. The van der Waals surface area contributed by atoms with Gasteiger partial charge >= 0.3 is 11.9 Å². The quantitative estimate of drug-likeness (QED) is 0.776. The Hall–Kier alpha value is -2.86. The number of carbonyl (C=O) groups is 2. The van der Waals surface area contributed by atoms with Gasteiger partial charge in [0, 0.05) is 16.3 Å². The topological polar surface area (TPSA) is 86.6 Å². The second-order valence-electron chi connectivity index (χ2n) is 5.81. The second kappa shape index (κ2) is 6.57. The van der Waals surface area contributed by atoms with Gasteiger partial charge in [-0.15, -0.1) is 11.3 Å². The van der Waals surface area contributed by atoms with E-state index in [0.29, 0.717) is 17.0 Å². The van der Waals surface area contributed by atoms with Gasteiger partial charge in [-0.05, 0) is 36.4 Å². The average molecular weight is 355 g/mol. The van der Waals surface area contributed by atoms with Crippen LogP contribution in [-0.2, 0) is 9.59 Å². The maximum atomic E-state index is 11.9. The lowest BCUT2D eigenvalue weighted by Gasteiger charge is -2.29. The Morgan fingerprint density at radius 1 is 0.960 bits per heavy atom. The van der Waals surface area contributed by atoms with Crippen LogP contribution in [0.1, 0.15) is 25.3 Å². The van der Waals surface area contributed by atoms with E-state index in [2.05, 4.69) is 5.32 Å². The molecule has 25 heavy (non-hydrogen) atoms. The highest BCUT2D eigenvalue weighted by Crippen LogP contribution is 2.42. The minimum absolute atomic E-state index is 0.0620. The van der Waals surface area contributed by atoms with Crippen LogP contribution < -0.4 is 5.32 Å². The largest absolute Gasteiger partial charge is 0.478 e. The van der Waals surface area contributed by atoms with Gasteiger partial charge in [0.1, 0.15) is 0 Å². The molecule has 5 nitrogen and oxygen atoms in total. The van der Waals surface area contributed by atoms with E-state index in [-0.39, 0.29) is 11.1 Å². The highest BCUT2D eigenvalue weighted by Gasteiger charge is 2.37. The molecule has 1 aromatic carbocycles. The minimum Gasteiger partial charge on any atom is -0.478 e. The van der Waals surface area contributed by atoms with Gasteiger partial charge in [-0.2, -0.15) is 0 Å². The number of aliphatic carboxylic acids is 2. The van der Waals surface area contributed by atoms with Crippen molar-refractivity contribution in [2.75, 3.05) is 0 Å². The van der Waals surface area contributed by atoms with Crippen LogP contribution in [0, 0.1) is 0 Å². The van der Waals surface area contributed by atoms with Crippen molar-refractivity contribution in [3.63, 3.8) is 0 Å². The maximum Gasteiger partial charge on any atom is 0.334 e. The Labute approximate surface area is 148 Å². The third kappa shape index (κ3) is 2.96. The van der Waals surface area contributed by atoms with Crippen molar-refractivity contribution < 1.29 is 19.8 Å². The van der Waals surface area contributed by atoms with Crippen LogP contribution in [0.4, 0.5) is 0 Å². The highest BCUT2D eigenvalue weighted by molar-refractivity contribution is 7.13. The number of allylic oxidation sites excluding steroid dienone is 2. The fourth-order valence-corrected chi connectivity index (χ4v) is 4.05. The van der Waals surface area contributed by atoms with Gasteiger partial charge in [0.2, 0.25) is 0 Å². The van der Waals surface area contributed by atoms with Crippen molar-refractivity contribution in [3.8, 4) is 10.4 Å². The Morgan fingerprint density at radius 2 is 1.56 bits per heavy atom. The van der Waals surface area contributed by atoms with Crippen LogP contribution >= 0.6 is 11.3 Å². The molecule has 0 radical (unpaired) electrons. The molecule has 0 saturated carbocycles. The van der Waals surface area contributed by atoms with Crippen molar-refractivity contribution in [2.24, 2.45) is 0 Å². The molecule has 0 aliphatic carbocycles. The predicted molar refractivity (Wildman–Crippen MR) is 96.3 cm³/mol. The summed E-state index contributed by atoms with van der Waals surface area (Å²) in [5, 5.41) is 24.3. The fraction of sp³-hybridized carbons (Fsp3) is 0.158. The van der Waals surface area contributed by atoms with Gasteiger partial charge in [0.15, 0.2) is 0 Å². The molecule has 0 unspecified atom stereocenters. The number of benzene rings is 1. The third-order valence-electron chi connectivity index (χ3n) is 4.28. The first-order valence-electron chi connectivity index (χ1n) is 7.69. The number of hydrogen-bond acceptors (Lipinski definition) is 4. The molecule has 0 amide bonds. The molecule has 0 fully saturated rings. The number of hydrogen-bond donors (Lipinski definition) is 3. The van der Waals surface area contributed by atoms with Gasteiger partial charge in [-0.25, -0.2) is 9.59 Å². The monoisotopic (exact) mass is 355 g/mol. The van der Waals surface area contributed by atoms with Crippen molar-refractivity contribution >= 4 is 23.3 Å². The second-order valence-corrected chi connectivity index (χ2v) is 6.76. The van der Waals surface area contributed by atoms with Crippen molar-refractivity contribution in [3.05, 3.63) is 69.9 Å². The van der Waals surface area contributed by atoms with E-state index in [4.69, 9.17) is 0 Å². The first-order valence-corrected chi connectivity index (χ1v) is 8.57. The lowest BCUT2D eigenvalue weighted by molar-refractivity contribution is -0.133. The molecule has 0 atom stereocenters. The molecule has 1 aliphatic heterocycles. The summed E-state index contributed by atoms with van der Waals surface area (Å²) >= 11 is 1.53. The molecule has 6 heteroatoms. The molecule has 2 heterocycles. The van der Waals surface area contributed by atoms with Crippen LogP contribution in [0.25, 0.3) is 10.4 Å². The Bertz CT molecular complexity index is 873. The lowest BCUT2D eigenvalue weighted by atomic mass is 9.78. The number of rotatable bonds is 4. The predicted octanol–water partition coefficient (Wildman–Crippen LogP) is 3.82. The molecule has 0 saturated heterocycles. The number of carboxylic acids is 2. The molecule has 0 spiro atoms. The van der Waals surface area contributed by atoms with Gasteiger partial charge in [0.25, 0.3) is 0 Å². The first kappa shape index (κ1) is 17.0. The fourth-order valence-electron chi connectivity index (χ4n) is 3.28. The summed E-state index contributed by atoms with van der Waals surface area (Å²) in [6.45, 7) is 3.32. The molecule has 1 aromatic heterocycles. The van der Waals surface area contributed by atoms with E-state index >= 15 is 0 Å². The smallest absolute Gasteiger partial charge is 0.334 e. The number of thiophene rings is 1. The Morgan fingerprint density at radius 3 is 2.08 bits per heavy atom. The van der Waals surface area contributed by atoms with Crippen LogP contribution in [0.15, 0.2) is 64.3 Å². The van der Waals surface area contributed by atoms with E-state index in [0.717, 1.165) is 10.4 Å². The SMILES string of the molecule is CC1=C(C(=O)O)C(c2ccccc2-c2cccs2)C(C(=O)O)=C(C)N1. The van der Waals surface area contributed by atoms with Gasteiger partial charge < -0.3 is 15.5 Å². The highest BCUT2D eigenvalue weighted by atomic mass is 32.1. The number of dihydropyridines is 1. The summed E-state index contributed by atoms with van der Waals surface area (Å²) in [6, 6.07) is 11.2. The normalized spacial score (nSPS) is 15.3.